The van der Waals surface area contributed by atoms with E-state index in [0.29, 0.717) is 25.2 Å². The Morgan fingerprint density at radius 2 is 1.59 bits per heavy atom. The predicted molar refractivity (Wildman–Crippen MR) is 138 cm³/mol. The molecule has 4 rings (SSSR count). The van der Waals surface area contributed by atoms with Crippen molar-refractivity contribution in [2.24, 2.45) is 0 Å². The molecule has 0 spiro atoms. The van der Waals surface area contributed by atoms with Gasteiger partial charge in [0.1, 0.15) is 11.3 Å². The fraction of sp³-hybridized carbons (Fsp3) is 0.241. The molecule has 0 unspecified atom stereocenters. The van der Waals surface area contributed by atoms with Gasteiger partial charge in [-0.05, 0) is 92.6 Å². The van der Waals surface area contributed by atoms with Gasteiger partial charge in [-0.3, -0.25) is 9.59 Å². The second-order valence-corrected chi connectivity index (χ2v) is 8.77. The fourth-order valence-corrected chi connectivity index (χ4v) is 4.75. The summed E-state index contributed by atoms with van der Waals surface area (Å²) in [5, 5.41) is 10.5. The van der Waals surface area contributed by atoms with Crippen LogP contribution in [-0.2, 0) is 13.0 Å². The average Bonchev–Trinajstić information content (AvgIpc) is 2.81. The minimum absolute atomic E-state index is 0.127. The van der Waals surface area contributed by atoms with E-state index in [1.807, 2.05) is 31.2 Å². The summed E-state index contributed by atoms with van der Waals surface area (Å²) >= 11 is 0. The lowest BCUT2D eigenvalue weighted by Crippen LogP contribution is -2.37. The lowest BCUT2D eigenvalue weighted by Gasteiger charge is -2.22. The van der Waals surface area contributed by atoms with Crippen LogP contribution in [0.1, 0.15) is 39.5 Å². The molecule has 3 aromatic carbocycles. The molecule has 0 radical (unpaired) electrons. The number of hydrogen-bond donors (Lipinski definition) is 1. The van der Waals surface area contributed by atoms with Crippen LogP contribution < -0.4 is 10.5 Å². The Bertz CT molecular complexity index is 1400. The number of phenols is 1. The van der Waals surface area contributed by atoms with Gasteiger partial charge in [0.2, 0.25) is 0 Å². The number of aromatic nitrogens is 1. The monoisotopic (exact) mass is 454 g/mol. The lowest BCUT2D eigenvalue weighted by molar-refractivity contribution is 0.0986. The number of hydrogen-bond acceptors (Lipinski definition) is 3. The largest absolute Gasteiger partial charge is 0.508 e. The zero-order chi connectivity index (χ0) is 24.4. The maximum atomic E-state index is 13.7. The number of nitrogens with zero attached hydrogens (tertiary/aromatic N) is 2. The van der Waals surface area contributed by atoms with Gasteiger partial charge in [0.15, 0.2) is 0 Å². The second kappa shape index (κ2) is 9.56. The lowest BCUT2D eigenvalue weighted by atomic mass is 9.97. The Morgan fingerprint density at radius 3 is 2.24 bits per heavy atom. The van der Waals surface area contributed by atoms with E-state index in [1.165, 1.54) is 34.4 Å². The smallest absolute Gasteiger partial charge is 0.263 e. The molecule has 174 valence electrons. The molecule has 0 fully saturated rings. The number of carbonyl (C=O) groups excluding carboxylic acids is 1. The highest BCUT2D eigenvalue weighted by atomic mass is 16.3. The number of carbonyl (C=O) groups is 1. The van der Waals surface area contributed by atoms with Crippen LogP contribution in [0.4, 0.5) is 5.69 Å². The van der Waals surface area contributed by atoms with Crippen molar-refractivity contribution in [3.8, 4) is 5.75 Å². The van der Waals surface area contributed by atoms with E-state index in [1.54, 1.807) is 27.7 Å². The zero-order valence-electron chi connectivity index (χ0n) is 20.1. The van der Waals surface area contributed by atoms with Crippen molar-refractivity contribution < 1.29 is 9.90 Å². The second-order valence-electron chi connectivity index (χ2n) is 8.77. The first kappa shape index (κ1) is 23.3. The Labute approximate surface area is 199 Å². The maximum Gasteiger partial charge on any atom is 0.263 e. The highest BCUT2D eigenvalue weighted by Gasteiger charge is 2.22. The number of rotatable bonds is 6. The highest BCUT2D eigenvalue weighted by molar-refractivity contribution is 6.07. The number of aromatic hydroxyl groups is 1. The number of phenolic OH excluding ortho intramolecular Hbond substituents is 1. The third-order valence-corrected chi connectivity index (χ3v) is 6.38. The molecule has 5 nitrogen and oxygen atoms in total. The third kappa shape index (κ3) is 4.46. The first-order chi connectivity index (χ1) is 16.3. The Hall–Kier alpha value is -3.86. The summed E-state index contributed by atoms with van der Waals surface area (Å²) in [7, 11) is 0. The summed E-state index contributed by atoms with van der Waals surface area (Å²) < 4.78 is 1.73. The van der Waals surface area contributed by atoms with Crippen molar-refractivity contribution in [1.82, 2.24) is 4.57 Å². The molecule has 0 aliphatic heterocycles. The van der Waals surface area contributed by atoms with E-state index >= 15 is 0 Å². The van der Waals surface area contributed by atoms with Crippen LogP contribution in [0.25, 0.3) is 10.9 Å². The number of aryl methyl sites for hydroxylation is 4. The summed E-state index contributed by atoms with van der Waals surface area (Å²) in [6, 6.07) is 20.2. The molecule has 5 heteroatoms. The van der Waals surface area contributed by atoms with Crippen molar-refractivity contribution in [3.05, 3.63) is 105 Å². The fourth-order valence-electron chi connectivity index (χ4n) is 4.75. The molecule has 1 amide bonds. The molecule has 0 aliphatic carbocycles. The summed E-state index contributed by atoms with van der Waals surface area (Å²) in [5.74, 6) is -0.220. The van der Waals surface area contributed by atoms with Gasteiger partial charge in [0.05, 0.1) is 5.52 Å². The molecule has 1 heterocycles. The molecule has 0 bridgehead atoms. The maximum absolute atomic E-state index is 13.7. The molecular formula is C29H30N2O3. The van der Waals surface area contributed by atoms with Crippen molar-refractivity contribution >= 4 is 22.5 Å². The van der Waals surface area contributed by atoms with Gasteiger partial charge in [0, 0.05) is 18.8 Å². The number of fused-ring (bicyclic) bond motifs is 1. The molecule has 34 heavy (non-hydrogen) atoms. The van der Waals surface area contributed by atoms with E-state index in [0.717, 1.165) is 10.9 Å². The van der Waals surface area contributed by atoms with Gasteiger partial charge in [-0.2, -0.15) is 0 Å². The van der Waals surface area contributed by atoms with Crippen molar-refractivity contribution in [2.45, 2.75) is 40.7 Å². The van der Waals surface area contributed by atoms with Crippen LogP contribution in [0, 0.1) is 20.8 Å². The Kier molecular flexibility index (Phi) is 6.55. The molecule has 1 N–H and O–H groups in total. The van der Waals surface area contributed by atoms with Crippen LogP contribution in [0.3, 0.4) is 0 Å². The van der Waals surface area contributed by atoms with E-state index in [4.69, 9.17) is 0 Å². The zero-order valence-corrected chi connectivity index (χ0v) is 20.1. The number of amides is 1. The topological polar surface area (TPSA) is 62.5 Å². The van der Waals surface area contributed by atoms with E-state index < -0.39 is 0 Å². The number of pyridine rings is 1. The van der Waals surface area contributed by atoms with Gasteiger partial charge >= 0.3 is 0 Å². The summed E-state index contributed by atoms with van der Waals surface area (Å²) in [5.41, 5.74) is 6.20. The molecule has 4 aromatic rings. The summed E-state index contributed by atoms with van der Waals surface area (Å²) in [6.07, 6.45) is 0.703. The van der Waals surface area contributed by atoms with Crippen molar-refractivity contribution in [2.75, 3.05) is 11.4 Å². The van der Waals surface area contributed by atoms with Gasteiger partial charge in [-0.25, -0.2) is 0 Å². The number of anilines is 1. The van der Waals surface area contributed by atoms with Crippen LogP contribution in [0.15, 0.2) is 71.5 Å². The Morgan fingerprint density at radius 1 is 0.941 bits per heavy atom. The number of benzene rings is 3. The van der Waals surface area contributed by atoms with E-state index in [-0.39, 0.29) is 22.8 Å². The highest BCUT2D eigenvalue weighted by Crippen LogP contribution is 2.22. The molecular weight excluding hydrogens is 424 g/mol. The standard InChI is InChI=1S/C29H30N2O3/c1-5-30(23-10-12-24(32)13-11-23)28(33)26-18-22-8-6-7-9-27(22)31(29(26)34)15-14-25-20(3)16-19(2)17-21(25)4/h6-13,16-18,32H,5,14-15H2,1-4H3. The first-order valence-corrected chi connectivity index (χ1v) is 11.6. The van der Waals surface area contributed by atoms with Gasteiger partial charge < -0.3 is 14.6 Å². The minimum atomic E-state index is -0.347. The Balaban J connectivity index is 1.78. The third-order valence-electron chi connectivity index (χ3n) is 6.38. The quantitative estimate of drug-likeness (QED) is 0.416. The number of para-hydroxylation sites is 1. The van der Waals surface area contributed by atoms with Gasteiger partial charge in [-0.1, -0.05) is 35.9 Å². The molecule has 0 saturated heterocycles. The van der Waals surface area contributed by atoms with E-state index in [2.05, 4.69) is 32.9 Å². The van der Waals surface area contributed by atoms with Gasteiger partial charge in [-0.15, -0.1) is 0 Å². The molecule has 1 aromatic heterocycles. The van der Waals surface area contributed by atoms with Gasteiger partial charge in [0.25, 0.3) is 11.5 Å². The van der Waals surface area contributed by atoms with Crippen molar-refractivity contribution in [1.29, 1.82) is 0 Å². The SMILES string of the molecule is CCN(C(=O)c1cc2ccccc2n(CCc2c(C)cc(C)cc2C)c1=O)c1ccc(O)cc1. The van der Waals surface area contributed by atoms with E-state index in [9.17, 15) is 14.7 Å². The van der Waals surface area contributed by atoms with Crippen LogP contribution in [-0.4, -0.2) is 22.1 Å². The molecule has 0 saturated carbocycles. The predicted octanol–water partition coefficient (Wildman–Crippen LogP) is 5.54. The van der Waals surface area contributed by atoms with Crippen molar-refractivity contribution in [3.63, 3.8) is 0 Å². The minimum Gasteiger partial charge on any atom is -0.508 e. The van der Waals surface area contributed by atoms with Crippen LogP contribution in [0.2, 0.25) is 0 Å². The molecule has 0 atom stereocenters. The van der Waals surface area contributed by atoms with Crippen LogP contribution in [0.5, 0.6) is 5.75 Å². The summed E-state index contributed by atoms with van der Waals surface area (Å²) in [4.78, 5) is 28.8. The average molecular weight is 455 g/mol. The summed E-state index contributed by atoms with van der Waals surface area (Å²) in [6.45, 7) is 9.05. The molecule has 0 aliphatic rings. The first-order valence-electron chi connectivity index (χ1n) is 11.6. The van der Waals surface area contributed by atoms with Crippen LogP contribution >= 0.6 is 0 Å². The normalized spacial score (nSPS) is 11.1.